The van der Waals surface area contributed by atoms with Crippen LogP contribution in [-0.4, -0.2) is 46.5 Å². The number of rotatable bonds is 4. The van der Waals surface area contributed by atoms with Gasteiger partial charge >= 0.3 is 6.18 Å². The summed E-state index contributed by atoms with van der Waals surface area (Å²) < 4.78 is 39.6. The molecule has 1 aromatic rings. The standard InChI is InChI=1S/C19H27F3N4O/c1-11(2)15-10-25(8-7-16(27)26(15)9-14-5-6-14)17-12(3)13(4)23-18(24-17)19(20,21)22/h11,14-15H,5-10H2,1-4H3/t15-/m1/s1. The number of hydrogen-bond acceptors (Lipinski definition) is 4. The summed E-state index contributed by atoms with van der Waals surface area (Å²) in [7, 11) is 0. The zero-order valence-electron chi connectivity index (χ0n) is 16.3. The Hall–Kier alpha value is -1.86. The monoisotopic (exact) mass is 384 g/mol. The Morgan fingerprint density at radius 3 is 2.41 bits per heavy atom. The SMILES string of the molecule is Cc1nc(C(F)(F)F)nc(N2CCC(=O)N(CC3CC3)[C@@H](C(C)C)C2)c1C. The summed E-state index contributed by atoms with van der Waals surface area (Å²) in [4.78, 5) is 24.0. The van der Waals surface area contributed by atoms with E-state index >= 15 is 0 Å². The Morgan fingerprint density at radius 2 is 1.85 bits per heavy atom. The Labute approximate surface area is 158 Å². The van der Waals surface area contributed by atoms with Crippen LogP contribution in [0.1, 0.15) is 50.2 Å². The molecule has 8 heteroatoms. The number of halogens is 3. The predicted molar refractivity (Wildman–Crippen MR) is 96.4 cm³/mol. The van der Waals surface area contributed by atoms with Crippen LogP contribution in [0.2, 0.25) is 0 Å². The van der Waals surface area contributed by atoms with E-state index in [0.29, 0.717) is 42.5 Å². The van der Waals surface area contributed by atoms with E-state index in [-0.39, 0.29) is 17.9 Å². The number of alkyl halides is 3. The highest BCUT2D eigenvalue weighted by Gasteiger charge is 2.39. The molecule has 1 saturated heterocycles. The number of hydrogen-bond donors (Lipinski definition) is 0. The summed E-state index contributed by atoms with van der Waals surface area (Å²) in [6.45, 7) is 9.04. The molecular formula is C19H27F3N4O. The van der Waals surface area contributed by atoms with E-state index in [1.807, 2.05) is 9.80 Å². The average molecular weight is 384 g/mol. The largest absolute Gasteiger partial charge is 0.451 e. The second kappa shape index (κ2) is 7.28. The van der Waals surface area contributed by atoms with Crippen LogP contribution in [0.3, 0.4) is 0 Å². The van der Waals surface area contributed by atoms with E-state index in [4.69, 9.17) is 0 Å². The van der Waals surface area contributed by atoms with Crippen molar-refractivity contribution in [2.45, 2.75) is 59.2 Å². The molecule has 1 atom stereocenters. The van der Waals surface area contributed by atoms with Crippen molar-refractivity contribution in [1.29, 1.82) is 0 Å². The summed E-state index contributed by atoms with van der Waals surface area (Å²) in [5.41, 5.74) is 0.951. The van der Waals surface area contributed by atoms with Crippen LogP contribution >= 0.6 is 0 Å². The van der Waals surface area contributed by atoms with Gasteiger partial charge in [0.15, 0.2) is 0 Å². The lowest BCUT2D eigenvalue weighted by molar-refractivity contribution is -0.145. The van der Waals surface area contributed by atoms with Gasteiger partial charge in [0, 0.05) is 37.3 Å². The molecule has 3 rings (SSSR count). The Bertz CT molecular complexity index is 716. The molecule has 2 heterocycles. The number of nitrogens with zero attached hydrogens (tertiary/aromatic N) is 4. The Balaban J connectivity index is 1.94. The summed E-state index contributed by atoms with van der Waals surface area (Å²) in [6, 6.07) is -0.0374. The van der Waals surface area contributed by atoms with E-state index in [0.717, 1.165) is 19.4 Å². The highest BCUT2D eigenvalue weighted by Crippen LogP contribution is 2.34. The Morgan fingerprint density at radius 1 is 1.19 bits per heavy atom. The summed E-state index contributed by atoms with van der Waals surface area (Å²) in [5.74, 6) is 0.0384. The molecule has 1 aromatic heterocycles. The number of amides is 1. The van der Waals surface area contributed by atoms with Crippen molar-refractivity contribution in [3.63, 3.8) is 0 Å². The maximum absolute atomic E-state index is 13.2. The molecule has 0 radical (unpaired) electrons. The van der Waals surface area contributed by atoms with Crippen molar-refractivity contribution < 1.29 is 18.0 Å². The van der Waals surface area contributed by atoms with Crippen molar-refractivity contribution in [2.24, 2.45) is 11.8 Å². The van der Waals surface area contributed by atoms with E-state index in [2.05, 4.69) is 23.8 Å². The second-order valence-corrected chi connectivity index (χ2v) is 8.08. The fourth-order valence-corrected chi connectivity index (χ4v) is 3.60. The molecule has 150 valence electrons. The van der Waals surface area contributed by atoms with Crippen molar-refractivity contribution in [1.82, 2.24) is 14.9 Å². The minimum absolute atomic E-state index is 0.0374. The summed E-state index contributed by atoms with van der Waals surface area (Å²) >= 11 is 0. The molecule has 27 heavy (non-hydrogen) atoms. The van der Waals surface area contributed by atoms with Crippen molar-refractivity contribution in [3.8, 4) is 0 Å². The van der Waals surface area contributed by atoms with E-state index in [1.165, 1.54) is 0 Å². The minimum Gasteiger partial charge on any atom is -0.354 e. The first-order valence-corrected chi connectivity index (χ1v) is 9.54. The van der Waals surface area contributed by atoms with Gasteiger partial charge in [-0.05, 0) is 38.5 Å². The van der Waals surface area contributed by atoms with Gasteiger partial charge in [0.05, 0.1) is 6.04 Å². The summed E-state index contributed by atoms with van der Waals surface area (Å²) in [6.07, 6.45) is -2.00. The van der Waals surface area contributed by atoms with E-state index in [9.17, 15) is 18.0 Å². The number of aromatic nitrogens is 2. The lowest BCUT2D eigenvalue weighted by Gasteiger charge is -2.35. The normalized spacial score (nSPS) is 21.8. The third-order valence-corrected chi connectivity index (χ3v) is 5.56. The van der Waals surface area contributed by atoms with Gasteiger partial charge in [-0.3, -0.25) is 4.79 Å². The third-order valence-electron chi connectivity index (χ3n) is 5.56. The first-order valence-electron chi connectivity index (χ1n) is 9.54. The zero-order chi connectivity index (χ0) is 19.9. The molecule has 2 fully saturated rings. The van der Waals surface area contributed by atoms with Gasteiger partial charge in [0.25, 0.3) is 0 Å². The van der Waals surface area contributed by atoms with Crippen molar-refractivity contribution in [3.05, 3.63) is 17.1 Å². The summed E-state index contributed by atoms with van der Waals surface area (Å²) in [5, 5.41) is 0. The average Bonchev–Trinajstić information content (AvgIpc) is 3.39. The maximum Gasteiger partial charge on any atom is 0.451 e. The smallest absolute Gasteiger partial charge is 0.354 e. The van der Waals surface area contributed by atoms with Crippen LogP contribution in [0.15, 0.2) is 0 Å². The number of aryl methyl sites for hydroxylation is 1. The molecule has 0 unspecified atom stereocenters. The van der Waals surface area contributed by atoms with Crippen LogP contribution < -0.4 is 4.90 Å². The minimum atomic E-state index is -4.59. The fourth-order valence-electron chi connectivity index (χ4n) is 3.60. The van der Waals surface area contributed by atoms with Crippen LogP contribution in [0.4, 0.5) is 19.0 Å². The van der Waals surface area contributed by atoms with Crippen LogP contribution in [0.5, 0.6) is 0 Å². The lowest BCUT2D eigenvalue weighted by atomic mass is 10.0. The molecule has 5 nitrogen and oxygen atoms in total. The van der Waals surface area contributed by atoms with Crippen LogP contribution in [0, 0.1) is 25.7 Å². The van der Waals surface area contributed by atoms with Gasteiger partial charge in [-0.25, -0.2) is 9.97 Å². The number of carbonyl (C=O) groups is 1. The molecule has 2 aliphatic rings. The van der Waals surface area contributed by atoms with Gasteiger partial charge in [-0.2, -0.15) is 13.2 Å². The molecule has 0 spiro atoms. The van der Waals surface area contributed by atoms with Crippen molar-refractivity contribution in [2.75, 3.05) is 24.5 Å². The highest BCUT2D eigenvalue weighted by molar-refractivity contribution is 5.78. The highest BCUT2D eigenvalue weighted by atomic mass is 19.4. The van der Waals surface area contributed by atoms with Crippen LogP contribution in [-0.2, 0) is 11.0 Å². The van der Waals surface area contributed by atoms with E-state index < -0.39 is 12.0 Å². The molecule has 0 aromatic carbocycles. The zero-order valence-corrected chi connectivity index (χ0v) is 16.3. The van der Waals surface area contributed by atoms with Gasteiger partial charge in [-0.15, -0.1) is 0 Å². The Kier molecular flexibility index (Phi) is 5.36. The predicted octanol–water partition coefficient (Wildman–Crippen LogP) is 3.59. The molecule has 1 aliphatic carbocycles. The maximum atomic E-state index is 13.2. The van der Waals surface area contributed by atoms with Gasteiger partial charge in [-0.1, -0.05) is 13.8 Å². The molecule has 0 N–H and O–H groups in total. The van der Waals surface area contributed by atoms with E-state index in [1.54, 1.807) is 13.8 Å². The van der Waals surface area contributed by atoms with Crippen LogP contribution in [0.25, 0.3) is 0 Å². The third kappa shape index (κ3) is 4.35. The quantitative estimate of drug-likeness (QED) is 0.796. The molecular weight excluding hydrogens is 357 g/mol. The van der Waals surface area contributed by atoms with Gasteiger partial charge in [0.2, 0.25) is 11.7 Å². The first kappa shape index (κ1) is 19.9. The molecule has 1 amide bonds. The topological polar surface area (TPSA) is 49.3 Å². The molecule has 1 aliphatic heterocycles. The lowest BCUT2D eigenvalue weighted by Crippen LogP contribution is -2.47. The molecule has 0 bridgehead atoms. The first-order chi connectivity index (χ1) is 12.6. The molecule has 1 saturated carbocycles. The van der Waals surface area contributed by atoms with Gasteiger partial charge in [0.1, 0.15) is 5.82 Å². The number of carbonyl (C=O) groups excluding carboxylic acids is 1. The van der Waals surface area contributed by atoms with Crippen molar-refractivity contribution >= 4 is 11.7 Å². The number of anilines is 1. The van der Waals surface area contributed by atoms with Gasteiger partial charge < -0.3 is 9.80 Å². The fraction of sp³-hybridized carbons (Fsp3) is 0.737. The second-order valence-electron chi connectivity index (χ2n) is 8.08.